The van der Waals surface area contributed by atoms with Crippen LogP contribution in [0.2, 0.25) is 0 Å². The SMILES string of the molecule is Cc1cc(CSc2nc3sc4c(c3c(=O)n2-c2ccccc2)CCC(C)C4)no1. The average Bonchev–Trinajstić information content (AvgIpc) is 3.29. The van der Waals surface area contributed by atoms with Gasteiger partial charge in [-0.2, -0.15) is 0 Å². The zero-order chi connectivity index (χ0) is 20.0. The van der Waals surface area contributed by atoms with Gasteiger partial charge >= 0.3 is 0 Å². The Labute approximate surface area is 176 Å². The number of fused-ring (bicyclic) bond motifs is 3. The monoisotopic (exact) mass is 423 g/mol. The molecule has 0 spiro atoms. The van der Waals surface area contributed by atoms with Crippen LogP contribution < -0.4 is 5.56 Å². The molecule has 1 unspecified atom stereocenters. The summed E-state index contributed by atoms with van der Waals surface area (Å²) < 4.78 is 6.93. The molecular formula is C22H21N3O2S2. The molecule has 7 heteroatoms. The lowest BCUT2D eigenvalue weighted by atomic mass is 9.89. The molecule has 3 aromatic heterocycles. The van der Waals surface area contributed by atoms with E-state index in [4.69, 9.17) is 9.51 Å². The van der Waals surface area contributed by atoms with Gasteiger partial charge in [-0.3, -0.25) is 9.36 Å². The summed E-state index contributed by atoms with van der Waals surface area (Å²) >= 11 is 3.21. The molecule has 5 rings (SSSR count). The smallest absolute Gasteiger partial charge is 0.267 e. The second-order valence-electron chi connectivity index (χ2n) is 7.62. The van der Waals surface area contributed by atoms with E-state index in [1.54, 1.807) is 15.9 Å². The standard InChI is InChI=1S/C22H21N3O2S2/c1-13-8-9-17-18(10-13)29-20-19(17)21(26)25(16-6-4-3-5-7-16)22(23-20)28-12-15-11-14(2)27-24-15/h3-7,11,13H,8-10,12H2,1-2H3. The normalized spacial score (nSPS) is 16.3. The number of hydrogen-bond acceptors (Lipinski definition) is 6. The van der Waals surface area contributed by atoms with Crippen molar-refractivity contribution in [3.8, 4) is 5.69 Å². The first-order valence-electron chi connectivity index (χ1n) is 9.78. The lowest BCUT2D eigenvalue weighted by Gasteiger charge is -2.17. The van der Waals surface area contributed by atoms with Gasteiger partial charge in [0, 0.05) is 16.7 Å². The van der Waals surface area contributed by atoms with E-state index in [9.17, 15) is 4.79 Å². The molecule has 0 bridgehead atoms. The van der Waals surface area contributed by atoms with Gasteiger partial charge in [0.2, 0.25) is 0 Å². The quantitative estimate of drug-likeness (QED) is 0.335. The number of thiophene rings is 1. The Morgan fingerprint density at radius 1 is 1.31 bits per heavy atom. The molecular weight excluding hydrogens is 402 g/mol. The van der Waals surface area contributed by atoms with Crippen molar-refractivity contribution in [2.45, 2.75) is 44.0 Å². The summed E-state index contributed by atoms with van der Waals surface area (Å²) in [4.78, 5) is 20.8. The van der Waals surface area contributed by atoms with Crippen molar-refractivity contribution in [2.24, 2.45) is 5.92 Å². The summed E-state index contributed by atoms with van der Waals surface area (Å²) in [7, 11) is 0. The Balaban J connectivity index is 1.67. The summed E-state index contributed by atoms with van der Waals surface area (Å²) in [6.45, 7) is 4.16. The van der Waals surface area contributed by atoms with Gasteiger partial charge in [-0.05, 0) is 49.8 Å². The Kier molecular flexibility index (Phi) is 4.80. The highest BCUT2D eigenvalue weighted by atomic mass is 32.2. The van der Waals surface area contributed by atoms with Crippen LogP contribution in [0.25, 0.3) is 15.9 Å². The second kappa shape index (κ2) is 7.46. The molecule has 1 aliphatic rings. The number of hydrogen-bond donors (Lipinski definition) is 0. The predicted molar refractivity (Wildman–Crippen MR) is 117 cm³/mol. The summed E-state index contributed by atoms with van der Waals surface area (Å²) in [5.41, 5.74) is 2.94. The third-order valence-corrected chi connectivity index (χ3v) is 7.46. The number of nitrogens with zero attached hydrogens (tertiary/aromatic N) is 3. The van der Waals surface area contributed by atoms with Crippen LogP contribution in [-0.2, 0) is 18.6 Å². The van der Waals surface area contributed by atoms with Crippen molar-refractivity contribution < 1.29 is 4.52 Å². The molecule has 4 aromatic rings. The lowest BCUT2D eigenvalue weighted by Crippen LogP contribution is -2.22. The van der Waals surface area contributed by atoms with Gasteiger partial charge in [0.15, 0.2) is 5.16 Å². The van der Waals surface area contributed by atoms with Crippen LogP contribution in [0.1, 0.15) is 35.2 Å². The molecule has 0 N–H and O–H groups in total. The summed E-state index contributed by atoms with van der Waals surface area (Å²) in [5.74, 6) is 2.05. The first-order valence-corrected chi connectivity index (χ1v) is 11.6. The van der Waals surface area contributed by atoms with E-state index in [0.29, 0.717) is 16.8 Å². The minimum Gasteiger partial charge on any atom is -0.361 e. The van der Waals surface area contributed by atoms with Crippen LogP contribution >= 0.6 is 23.1 Å². The number of para-hydroxylation sites is 1. The topological polar surface area (TPSA) is 60.9 Å². The first-order chi connectivity index (χ1) is 14.1. The van der Waals surface area contributed by atoms with Crippen molar-refractivity contribution in [1.82, 2.24) is 14.7 Å². The molecule has 0 saturated carbocycles. The Hall–Kier alpha value is -2.38. The zero-order valence-corrected chi connectivity index (χ0v) is 18.0. The predicted octanol–water partition coefficient (Wildman–Crippen LogP) is 5.16. The number of aromatic nitrogens is 3. The molecule has 1 atom stereocenters. The Morgan fingerprint density at radius 3 is 2.90 bits per heavy atom. The lowest BCUT2D eigenvalue weighted by molar-refractivity contribution is 0.393. The second-order valence-corrected chi connectivity index (χ2v) is 9.65. The fourth-order valence-electron chi connectivity index (χ4n) is 3.90. The van der Waals surface area contributed by atoms with Gasteiger partial charge in [0.05, 0.1) is 16.8 Å². The van der Waals surface area contributed by atoms with E-state index in [2.05, 4.69) is 12.1 Å². The largest absolute Gasteiger partial charge is 0.361 e. The maximum absolute atomic E-state index is 13.7. The number of benzene rings is 1. The fraction of sp³-hybridized carbons (Fsp3) is 0.318. The Morgan fingerprint density at radius 2 is 2.14 bits per heavy atom. The third-order valence-electron chi connectivity index (χ3n) is 5.34. The molecule has 0 fully saturated rings. The van der Waals surface area contributed by atoms with Gasteiger partial charge in [-0.15, -0.1) is 11.3 Å². The third kappa shape index (κ3) is 3.42. The van der Waals surface area contributed by atoms with Crippen LogP contribution in [0.4, 0.5) is 0 Å². The van der Waals surface area contributed by atoms with Crippen molar-refractivity contribution in [3.05, 3.63) is 68.6 Å². The maximum Gasteiger partial charge on any atom is 0.267 e. The van der Waals surface area contributed by atoms with E-state index in [1.807, 2.05) is 43.3 Å². The van der Waals surface area contributed by atoms with Gasteiger partial charge in [0.1, 0.15) is 10.6 Å². The van der Waals surface area contributed by atoms with E-state index >= 15 is 0 Å². The molecule has 0 radical (unpaired) electrons. The van der Waals surface area contributed by atoms with Crippen LogP contribution in [0, 0.1) is 12.8 Å². The van der Waals surface area contributed by atoms with Gasteiger partial charge < -0.3 is 4.52 Å². The molecule has 1 aromatic carbocycles. The average molecular weight is 424 g/mol. The number of aryl methyl sites for hydroxylation is 2. The van der Waals surface area contributed by atoms with E-state index in [-0.39, 0.29) is 5.56 Å². The molecule has 0 saturated heterocycles. The molecule has 148 valence electrons. The van der Waals surface area contributed by atoms with Crippen molar-refractivity contribution in [3.63, 3.8) is 0 Å². The first kappa shape index (κ1) is 18.6. The van der Waals surface area contributed by atoms with Gasteiger partial charge in [-0.25, -0.2) is 4.98 Å². The molecule has 29 heavy (non-hydrogen) atoms. The minimum absolute atomic E-state index is 0.0343. The van der Waals surface area contributed by atoms with E-state index in [1.165, 1.54) is 22.2 Å². The van der Waals surface area contributed by atoms with Crippen molar-refractivity contribution in [1.29, 1.82) is 0 Å². The molecule has 1 aliphatic carbocycles. The van der Waals surface area contributed by atoms with Crippen LogP contribution in [0.3, 0.4) is 0 Å². The molecule has 0 aliphatic heterocycles. The van der Waals surface area contributed by atoms with E-state index in [0.717, 1.165) is 46.6 Å². The van der Waals surface area contributed by atoms with Crippen LogP contribution in [0.15, 0.2) is 50.9 Å². The summed E-state index contributed by atoms with van der Waals surface area (Å²) in [6.07, 6.45) is 3.14. The van der Waals surface area contributed by atoms with Crippen molar-refractivity contribution in [2.75, 3.05) is 0 Å². The minimum atomic E-state index is 0.0343. The highest BCUT2D eigenvalue weighted by molar-refractivity contribution is 7.98. The molecule has 5 nitrogen and oxygen atoms in total. The van der Waals surface area contributed by atoms with Crippen LogP contribution in [-0.4, -0.2) is 14.7 Å². The van der Waals surface area contributed by atoms with Gasteiger partial charge in [-0.1, -0.05) is 42.0 Å². The van der Waals surface area contributed by atoms with Crippen LogP contribution in [0.5, 0.6) is 0 Å². The van der Waals surface area contributed by atoms with Gasteiger partial charge in [0.25, 0.3) is 5.56 Å². The maximum atomic E-state index is 13.7. The zero-order valence-electron chi connectivity index (χ0n) is 16.3. The summed E-state index contributed by atoms with van der Waals surface area (Å²) in [6, 6.07) is 11.7. The number of thioether (sulfide) groups is 1. The van der Waals surface area contributed by atoms with Crippen molar-refractivity contribution >= 4 is 33.3 Å². The fourth-order valence-corrected chi connectivity index (χ4v) is 6.21. The Bertz CT molecular complexity index is 1240. The van der Waals surface area contributed by atoms with E-state index < -0.39 is 0 Å². The summed E-state index contributed by atoms with van der Waals surface area (Å²) in [5, 5.41) is 5.57. The molecule has 3 heterocycles. The molecule has 0 amide bonds. The highest BCUT2D eigenvalue weighted by Crippen LogP contribution is 2.37. The number of rotatable bonds is 4. The highest BCUT2D eigenvalue weighted by Gasteiger charge is 2.25.